The molecule has 28 heavy (non-hydrogen) atoms. The van der Waals surface area contributed by atoms with Crippen molar-refractivity contribution < 1.29 is 17.9 Å². The first kappa shape index (κ1) is 21.2. The van der Waals surface area contributed by atoms with Crippen molar-refractivity contribution in [3.05, 3.63) is 57.5 Å². The van der Waals surface area contributed by atoms with Crippen molar-refractivity contribution >= 4 is 50.7 Å². The summed E-state index contributed by atoms with van der Waals surface area (Å²) in [6, 6.07) is 11.4. The molecule has 1 aliphatic rings. The highest BCUT2D eigenvalue weighted by Crippen LogP contribution is 2.32. The fraction of sp³-hybridized carbons (Fsp3) is 0.278. The summed E-state index contributed by atoms with van der Waals surface area (Å²) in [4.78, 5) is 13.8. The molecule has 0 spiro atoms. The maximum atomic E-state index is 12.9. The van der Waals surface area contributed by atoms with Crippen LogP contribution in [0.2, 0.25) is 15.1 Å². The van der Waals surface area contributed by atoms with E-state index in [4.69, 9.17) is 39.5 Å². The number of benzene rings is 2. The highest BCUT2D eigenvalue weighted by Gasteiger charge is 2.33. The van der Waals surface area contributed by atoms with Crippen LogP contribution >= 0.6 is 34.8 Å². The van der Waals surface area contributed by atoms with E-state index in [1.807, 2.05) is 0 Å². The third-order valence-electron chi connectivity index (χ3n) is 4.30. The van der Waals surface area contributed by atoms with Crippen molar-refractivity contribution in [3.8, 4) is 5.75 Å². The molecule has 0 atom stereocenters. The zero-order valence-electron chi connectivity index (χ0n) is 14.6. The minimum atomic E-state index is -3.85. The fourth-order valence-electron chi connectivity index (χ4n) is 2.83. The van der Waals surface area contributed by atoms with E-state index < -0.39 is 10.0 Å². The van der Waals surface area contributed by atoms with Crippen molar-refractivity contribution in [2.75, 3.05) is 32.8 Å². The van der Waals surface area contributed by atoms with Gasteiger partial charge in [-0.15, -0.1) is 0 Å². The summed E-state index contributed by atoms with van der Waals surface area (Å²) in [5, 5.41) is 0.557. The zero-order chi connectivity index (χ0) is 20.3. The van der Waals surface area contributed by atoms with Gasteiger partial charge in [-0.05, 0) is 24.3 Å². The number of carbonyl (C=O) groups excluding carboxylic acids is 1. The van der Waals surface area contributed by atoms with Crippen LogP contribution in [-0.4, -0.2) is 56.3 Å². The predicted molar refractivity (Wildman–Crippen MR) is 109 cm³/mol. The maximum Gasteiger partial charge on any atom is 0.260 e. The van der Waals surface area contributed by atoms with Crippen LogP contribution in [-0.2, 0) is 14.8 Å². The van der Waals surface area contributed by atoms with E-state index in [2.05, 4.69) is 0 Å². The van der Waals surface area contributed by atoms with E-state index in [0.29, 0.717) is 10.8 Å². The SMILES string of the molecule is O=C(COc1ccccc1Cl)N1CCN(S(=O)(=O)c2c(Cl)cccc2Cl)CC1. The summed E-state index contributed by atoms with van der Waals surface area (Å²) in [5.41, 5.74) is 0. The molecule has 2 aromatic rings. The van der Waals surface area contributed by atoms with E-state index in [0.717, 1.165) is 0 Å². The third kappa shape index (κ3) is 4.55. The largest absolute Gasteiger partial charge is 0.482 e. The minimum absolute atomic E-state index is 0.0687. The van der Waals surface area contributed by atoms with Gasteiger partial charge in [-0.25, -0.2) is 8.42 Å². The first-order valence-corrected chi connectivity index (χ1v) is 11.0. The van der Waals surface area contributed by atoms with E-state index in [1.165, 1.54) is 16.4 Å². The first-order chi connectivity index (χ1) is 13.3. The van der Waals surface area contributed by atoms with Gasteiger partial charge < -0.3 is 9.64 Å². The number of rotatable bonds is 5. The van der Waals surface area contributed by atoms with Gasteiger partial charge in [0.05, 0.1) is 15.1 Å². The highest BCUT2D eigenvalue weighted by atomic mass is 35.5. The van der Waals surface area contributed by atoms with Crippen LogP contribution in [0.25, 0.3) is 0 Å². The van der Waals surface area contributed by atoms with Crippen molar-refractivity contribution in [2.24, 2.45) is 0 Å². The number of amides is 1. The van der Waals surface area contributed by atoms with Gasteiger partial charge in [0.1, 0.15) is 10.6 Å². The molecule has 10 heteroatoms. The summed E-state index contributed by atoms with van der Waals surface area (Å²) in [7, 11) is -3.85. The molecule has 150 valence electrons. The molecule has 0 aromatic heterocycles. The molecular weight excluding hydrogens is 447 g/mol. The molecule has 0 bridgehead atoms. The lowest BCUT2D eigenvalue weighted by Crippen LogP contribution is -2.51. The molecule has 1 heterocycles. The standard InChI is InChI=1S/C18H17Cl3N2O4S/c19-13-4-1-2-7-16(13)27-12-17(24)22-8-10-23(11-9-22)28(25,26)18-14(20)5-3-6-15(18)21/h1-7H,8-12H2. The van der Waals surface area contributed by atoms with Crippen molar-refractivity contribution in [1.29, 1.82) is 0 Å². The summed E-state index contributed by atoms with van der Waals surface area (Å²) >= 11 is 18.1. The van der Waals surface area contributed by atoms with Gasteiger partial charge in [-0.3, -0.25) is 4.79 Å². The lowest BCUT2D eigenvalue weighted by atomic mass is 10.3. The Hall–Kier alpha value is -1.51. The normalized spacial score (nSPS) is 15.5. The van der Waals surface area contributed by atoms with Crippen LogP contribution in [0.3, 0.4) is 0 Å². The summed E-state index contributed by atoms with van der Waals surface area (Å²) in [6.07, 6.45) is 0. The second kappa shape index (κ2) is 8.88. The van der Waals surface area contributed by atoms with Crippen molar-refractivity contribution in [1.82, 2.24) is 9.21 Å². The number of hydrogen-bond donors (Lipinski definition) is 0. The van der Waals surface area contributed by atoms with Crippen LogP contribution in [0.15, 0.2) is 47.4 Å². The molecule has 0 N–H and O–H groups in total. The molecule has 1 aliphatic heterocycles. The molecule has 3 rings (SSSR count). The van der Waals surface area contributed by atoms with Gasteiger partial charge in [0.25, 0.3) is 5.91 Å². The second-order valence-corrected chi connectivity index (χ2v) is 9.15. The monoisotopic (exact) mass is 462 g/mol. The molecule has 6 nitrogen and oxygen atoms in total. The van der Waals surface area contributed by atoms with E-state index in [1.54, 1.807) is 35.2 Å². The molecule has 0 saturated carbocycles. The number of para-hydroxylation sites is 1. The lowest BCUT2D eigenvalue weighted by molar-refractivity contribution is -0.134. The Balaban J connectivity index is 1.61. The Morgan fingerprint density at radius 1 is 0.893 bits per heavy atom. The molecular formula is C18H17Cl3N2O4S. The number of piperazine rings is 1. The van der Waals surface area contributed by atoms with E-state index in [9.17, 15) is 13.2 Å². The average molecular weight is 464 g/mol. The summed E-state index contributed by atoms with van der Waals surface area (Å²) in [6.45, 7) is 0.592. The zero-order valence-corrected chi connectivity index (χ0v) is 17.7. The van der Waals surface area contributed by atoms with Crippen molar-refractivity contribution in [2.45, 2.75) is 4.90 Å². The lowest BCUT2D eigenvalue weighted by Gasteiger charge is -2.34. The van der Waals surface area contributed by atoms with Gasteiger partial charge in [0, 0.05) is 26.2 Å². The van der Waals surface area contributed by atoms with Crippen LogP contribution in [0.5, 0.6) is 5.75 Å². The smallest absolute Gasteiger partial charge is 0.260 e. The molecule has 0 unspecified atom stereocenters. The molecule has 1 saturated heterocycles. The Morgan fingerprint density at radius 3 is 2.07 bits per heavy atom. The Morgan fingerprint density at radius 2 is 1.46 bits per heavy atom. The molecule has 2 aromatic carbocycles. The minimum Gasteiger partial charge on any atom is -0.482 e. The Bertz CT molecular complexity index is 956. The maximum absolute atomic E-state index is 12.9. The number of hydrogen-bond acceptors (Lipinski definition) is 4. The van der Waals surface area contributed by atoms with Crippen LogP contribution < -0.4 is 4.74 Å². The molecule has 1 fully saturated rings. The molecule has 0 radical (unpaired) electrons. The Labute approximate surface area is 178 Å². The first-order valence-electron chi connectivity index (χ1n) is 8.40. The quantitative estimate of drug-likeness (QED) is 0.680. The van der Waals surface area contributed by atoms with Gasteiger partial charge in [-0.2, -0.15) is 4.31 Å². The summed E-state index contributed by atoms with van der Waals surface area (Å²) in [5.74, 6) is 0.180. The highest BCUT2D eigenvalue weighted by molar-refractivity contribution is 7.89. The van der Waals surface area contributed by atoms with Crippen LogP contribution in [0.1, 0.15) is 0 Å². The van der Waals surface area contributed by atoms with Crippen LogP contribution in [0.4, 0.5) is 0 Å². The number of carbonyl (C=O) groups is 1. The van der Waals surface area contributed by atoms with Gasteiger partial charge in [0.2, 0.25) is 10.0 Å². The number of nitrogens with zero attached hydrogens (tertiary/aromatic N) is 2. The Kier molecular flexibility index (Phi) is 6.73. The van der Waals surface area contributed by atoms with Crippen LogP contribution in [0, 0.1) is 0 Å². The van der Waals surface area contributed by atoms with Gasteiger partial charge >= 0.3 is 0 Å². The average Bonchev–Trinajstić information content (AvgIpc) is 2.67. The number of sulfonamides is 1. The molecule has 1 amide bonds. The van der Waals surface area contributed by atoms with Crippen molar-refractivity contribution in [3.63, 3.8) is 0 Å². The number of halogens is 3. The number of ether oxygens (including phenoxy) is 1. The predicted octanol–water partition coefficient (Wildman–Crippen LogP) is 3.56. The van der Waals surface area contributed by atoms with E-state index in [-0.39, 0.29) is 53.6 Å². The van der Waals surface area contributed by atoms with Gasteiger partial charge in [-0.1, -0.05) is 53.0 Å². The molecule has 0 aliphatic carbocycles. The van der Waals surface area contributed by atoms with E-state index >= 15 is 0 Å². The third-order valence-corrected chi connectivity index (χ3v) is 7.46. The second-order valence-electron chi connectivity index (χ2n) is 6.05. The van der Waals surface area contributed by atoms with Gasteiger partial charge in [0.15, 0.2) is 6.61 Å². The fourth-order valence-corrected chi connectivity index (χ4v) is 5.53. The summed E-state index contributed by atoms with van der Waals surface area (Å²) < 4.78 is 32.5. The topological polar surface area (TPSA) is 66.9 Å².